The molecule has 0 aliphatic heterocycles. The van der Waals surface area contributed by atoms with Gasteiger partial charge in [-0.25, -0.2) is 4.98 Å². The van der Waals surface area contributed by atoms with Crippen LogP contribution in [0.4, 0.5) is 5.69 Å². The largest absolute Gasteiger partial charge is 0.399 e. The highest BCUT2D eigenvalue weighted by atomic mass is 35.5. The SMILES string of the molecule is Cc1nc2cc(N)ccc2n1-c1c(Cl)ccc2nsnc12. The molecule has 2 aromatic heterocycles. The Kier molecular flexibility index (Phi) is 2.63. The van der Waals surface area contributed by atoms with Gasteiger partial charge in [-0.15, -0.1) is 0 Å². The van der Waals surface area contributed by atoms with E-state index in [-0.39, 0.29) is 0 Å². The Morgan fingerprint density at radius 1 is 1.14 bits per heavy atom. The lowest BCUT2D eigenvalue weighted by molar-refractivity contribution is 1.01. The van der Waals surface area contributed by atoms with E-state index < -0.39 is 0 Å². The van der Waals surface area contributed by atoms with Gasteiger partial charge in [0.05, 0.1) is 33.5 Å². The van der Waals surface area contributed by atoms with Gasteiger partial charge < -0.3 is 5.73 Å². The van der Waals surface area contributed by atoms with E-state index in [0.717, 1.165) is 33.6 Å². The van der Waals surface area contributed by atoms with Crippen LogP contribution in [0, 0.1) is 6.92 Å². The Bertz CT molecular complexity index is 988. The zero-order valence-corrected chi connectivity index (χ0v) is 12.6. The first-order valence-electron chi connectivity index (χ1n) is 6.31. The highest BCUT2D eigenvalue weighted by molar-refractivity contribution is 7.00. The summed E-state index contributed by atoms with van der Waals surface area (Å²) < 4.78 is 10.6. The molecule has 2 heterocycles. The Balaban J connectivity index is 2.16. The number of halogens is 1. The predicted molar refractivity (Wildman–Crippen MR) is 86.2 cm³/mol. The van der Waals surface area contributed by atoms with Gasteiger partial charge in [0.2, 0.25) is 0 Å². The number of nitrogens with zero attached hydrogens (tertiary/aromatic N) is 4. The Labute approximate surface area is 129 Å². The van der Waals surface area contributed by atoms with Gasteiger partial charge in [0, 0.05) is 5.69 Å². The summed E-state index contributed by atoms with van der Waals surface area (Å²) in [6.07, 6.45) is 0. The maximum absolute atomic E-state index is 6.42. The first-order valence-corrected chi connectivity index (χ1v) is 7.42. The van der Waals surface area contributed by atoms with Gasteiger partial charge in [0.1, 0.15) is 16.9 Å². The Hall–Kier alpha value is -2.18. The second kappa shape index (κ2) is 4.41. The van der Waals surface area contributed by atoms with Crippen molar-refractivity contribution in [3.8, 4) is 5.69 Å². The molecule has 0 atom stereocenters. The minimum atomic E-state index is 0.620. The fraction of sp³-hybridized carbons (Fsp3) is 0.0714. The quantitative estimate of drug-likeness (QED) is 0.545. The lowest BCUT2D eigenvalue weighted by Crippen LogP contribution is -1.99. The summed E-state index contributed by atoms with van der Waals surface area (Å²) in [4.78, 5) is 4.56. The van der Waals surface area contributed by atoms with Crippen LogP contribution in [-0.4, -0.2) is 18.3 Å². The number of rotatable bonds is 1. The molecule has 0 fully saturated rings. The number of anilines is 1. The van der Waals surface area contributed by atoms with Crippen molar-refractivity contribution in [2.45, 2.75) is 6.92 Å². The van der Waals surface area contributed by atoms with Crippen LogP contribution in [0.2, 0.25) is 5.02 Å². The summed E-state index contributed by atoms with van der Waals surface area (Å²) >= 11 is 7.59. The van der Waals surface area contributed by atoms with Crippen molar-refractivity contribution < 1.29 is 0 Å². The van der Waals surface area contributed by atoms with Crippen molar-refractivity contribution in [2.75, 3.05) is 5.73 Å². The fourth-order valence-electron chi connectivity index (χ4n) is 2.53. The van der Waals surface area contributed by atoms with Crippen LogP contribution in [0.25, 0.3) is 27.8 Å². The first kappa shape index (κ1) is 12.6. The van der Waals surface area contributed by atoms with Gasteiger partial charge in [0.15, 0.2) is 0 Å². The van der Waals surface area contributed by atoms with Crippen molar-refractivity contribution >= 4 is 51.1 Å². The monoisotopic (exact) mass is 315 g/mol. The average Bonchev–Trinajstić information content (AvgIpc) is 3.02. The molecule has 7 heteroatoms. The van der Waals surface area contributed by atoms with E-state index in [1.807, 2.05) is 41.8 Å². The van der Waals surface area contributed by atoms with Gasteiger partial charge in [-0.05, 0) is 37.3 Å². The van der Waals surface area contributed by atoms with E-state index in [4.69, 9.17) is 17.3 Å². The highest BCUT2D eigenvalue weighted by Gasteiger charge is 2.17. The highest BCUT2D eigenvalue weighted by Crippen LogP contribution is 2.32. The van der Waals surface area contributed by atoms with E-state index in [9.17, 15) is 0 Å². The van der Waals surface area contributed by atoms with Gasteiger partial charge in [-0.3, -0.25) is 4.57 Å². The number of nitrogen functional groups attached to an aromatic ring is 1. The summed E-state index contributed by atoms with van der Waals surface area (Å²) in [7, 11) is 0. The molecular weight excluding hydrogens is 306 g/mol. The van der Waals surface area contributed by atoms with E-state index in [1.165, 1.54) is 11.7 Å². The lowest BCUT2D eigenvalue weighted by atomic mass is 10.2. The van der Waals surface area contributed by atoms with Crippen LogP contribution >= 0.6 is 23.3 Å². The van der Waals surface area contributed by atoms with Gasteiger partial charge in [-0.1, -0.05) is 11.6 Å². The molecule has 4 aromatic rings. The molecule has 0 bridgehead atoms. The van der Waals surface area contributed by atoms with Crippen molar-refractivity contribution in [3.05, 3.63) is 41.2 Å². The standard InChI is InChI=1S/C14H10ClN5S/c1-7-17-11-6-8(16)2-5-12(11)20(7)14-9(15)3-4-10-13(14)19-21-18-10/h2-6H,16H2,1H3. The number of hydrogen-bond acceptors (Lipinski definition) is 5. The van der Waals surface area contributed by atoms with Crippen LogP contribution in [-0.2, 0) is 0 Å². The van der Waals surface area contributed by atoms with Crippen LogP contribution < -0.4 is 5.73 Å². The molecule has 0 saturated heterocycles. The molecule has 2 aromatic carbocycles. The summed E-state index contributed by atoms with van der Waals surface area (Å²) in [5.41, 5.74) is 10.7. The molecule has 0 aliphatic carbocycles. The van der Waals surface area contributed by atoms with Crippen LogP contribution in [0.15, 0.2) is 30.3 Å². The molecule has 21 heavy (non-hydrogen) atoms. The molecule has 0 radical (unpaired) electrons. The molecule has 5 nitrogen and oxygen atoms in total. The number of nitrogens with two attached hydrogens (primary N) is 1. The fourth-order valence-corrected chi connectivity index (χ4v) is 3.30. The van der Waals surface area contributed by atoms with E-state index in [0.29, 0.717) is 10.7 Å². The second-order valence-electron chi connectivity index (χ2n) is 4.77. The maximum atomic E-state index is 6.42. The van der Waals surface area contributed by atoms with E-state index >= 15 is 0 Å². The summed E-state index contributed by atoms with van der Waals surface area (Å²) in [5.74, 6) is 0.831. The molecule has 0 aliphatic rings. The van der Waals surface area contributed by atoms with E-state index in [2.05, 4.69) is 13.7 Å². The minimum Gasteiger partial charge on any atom is -0.399 e. The average molecular weight is 316 g/mol. The first-order chi connectivity index (χ1) is 10.1. The van der Waals surface area contributed by atoms with Crippen molar-refractivity contribution in [2.24, 2.45) is 0 Å². The number of fused-ring (bicyclic) bond motifs is 2. The normalized spacial score (nSPS) is 11.5. The van der Waals surface area contributed by atoms with Crippen molar-refractivity contribution in [1.82, 2.24) is 18.3 Å². The Morgan fingerprint density at radius 2 is 2.00 bits per heavy atom. The summed E-state index contributed by atoms with van der Waals surface area (Å²) in [5, 5.41) is 0.620. The molecule has 2 N–H and O–H groups in total. The minimum absolute atomic E-state index is 0.620. The Morgan fingerprint density at radius 3 is 2.86 bits per heavy atom. The summed E-state index contributed by atoms with van der Waals surface area (Å²) in [6.45, 7) is 1.94. The van der Waals surface area contributed by atoms with Crippen molar-refractivity contribution in [3.63, 3.8) is 0 Å². The molecule has 0 spiro atoms. The molecule has 0 saturated carbocycles. The third-order valence-corrected chi connectivity index (χ3v) is 4.27. The van der Waals surface area contributed by atoms with Crippen LogP contribution in [0.1, 0.15) is 5.82 Å². The lowest BCUT2D eigenvalue weighted by Gasteiger charge is -2.09. The third kappa shape index (κ3) is 1.80. The second-order valence-corrected chi connectivity index (χ2v) is 5.71. The molecular formula is C14H10ClN5S. The number of aromatic nitrogens is 4. The number of benzene rings is 2. The van der Waals surface area contributed by atoms with Crippen LogP contribution in [0.5, 0.6) is 0 Å². The van der Waals surface area contributed by atoms with Crippen LogP contribution in [0.3, 0.4) is 0 Å². The number of hydrogen-bond donors (Lipinski definition) is 1. The molecule has 0 unspecified atom stereocenters. The van der Waals surface area contributed by atoms with Crippen molar-refractivity contribution in [1.29, 1.82) is 0 Å². The zero-order chi connectivity index (χ0) is 14.6. The van der Waals surface area contributed by atoms with Gasteiger partial charge in [0.25, 0.3) is 0 Å². The number of aryl methyl sites for hydroxylation is 1. The zero-order valence-electron chi connectivity index (χ0n) is 11.0. The van der Waals surface area contributed by atoms with Gasteiger partial charge in [-0.2, -0.15) is 8.75 Å². The maximum Gasteiger partial charge on any atom is 0.130 e. The molecule has 104 valence electrons. The smallest absolute Gasteiger partial charge is 0.130 e. The number of imidazole rings is 1. The topological polar surface area (TPSA) is 69.6 Å². The summed E-state index contributed by atoms with van der Waals surface area (Å²) in [6, 6.07) is 9.36. The predicted octanol–water partition coefficient (Wildman–Crippen LogP) is 3.57. The van der Waals surface area contributed by atoms with E-state index in [1.54, 1.807) is 0 Å². The van der Waals surface area contributed by atoms with Gasteiger partial charge >= 0.3 is 0 Å². The third-order valence-electron chi connectivity index (χ3n) is 3.42. The molecule has 4 rings (SSSR count). The molecule has 0 amide bonds.